The van der Waals surface area contributed by atoms with Crippen molar-refractivity contribution in [1.82, 2.24) is 9.55 Å². The molecule has 9 heteroatoms. The molecule has 0 aliphatic rings. The Morgan fingerprint density at radius 1 is 1.28 bits per heavy atom. The third-order valence-electron chi connectivity index (χ3n) is 3.48. The molecule has 0 fully saturated rings. The number of benzene rings is 2. The summed E-state index contributed by atoms with van der Waals surface area (Å²) in [7, 11) is 0. The number of nitro benzene ring substituents is 1. The van der Waals surface area contributed by atoms with Gasteiger partial charge in [-0.25, -0.2) is 4.98 Å². The Bertz CT molecular complexity index is 1050. The van der Waals surface area contributed by atoms with Gasteiger partial charge in [0.1, 0.15) is 12.2 Å². The van der Waals surface area contributed by atoms with Gasteiger partial charge in [0.05, 0.1) is 22.2 Å². The first-order valence-corrected chi connectivity index (χ1v) is 7.52. The predicted molar refractivity (Wildman–Crippen MR) is 92.7 cm³/mol. The van der Waals surface area contributed by atoms with Crippen LogP contribution in [-0.2, 0) is 11.3 Å². The van der Waals surface area contributed by atoms with Gasteiger partial charge in [0.2, 0.25) is 5.91 Å². The van der Waals surface area contributed by atoms with Crippen LogP contribution in [0.3, 0.4) is 0 Å². The topological polar surface area (TPSA) is 107 Å². The maximum Gasteiger partial charge on any atom is 0.294 e. The normalized spacial score (nSPS) is 10.6. The fourth-order valence-electron chi connectivity index (χ4n) is 2.37. The highest BCUT2D eigenvalue weighted by Crippen LogP contribution is 2.27. The molecule has 0 bridgehead atoms. The van der Waals surface area contributed by atoms with E-state index in [-0.39, 0.29) is 22.9 Å². The minimum Gasteiger partial charge on any atom is -0.319 e. The van der Waals surface area contributed by atoms with Gasteiger partial charge in [-0.1, -0.05) is 23.7 Å². The number of nitrogens with one attached hydrogen (secondary N) is 1. The van der Waals surface area contributed by atoms with Gasteiger partial charge in [-0.15, -0.1) is 0 Å². The first kappa shape index (κ1) is 16.6. The zero-order chi connectivity index (χ0) is 18.0. The standard InChI is InChI=1S/C16H11ClN4O4/c17-10-5-6-12(14(7-10)21(24)25)19-15(22)9-20-13-4-2-1-3-11(13)18-8-16(20)23/h1-8H,9H2,(H,19,22). The highest BCUT2D eigenvalue weighted by atomic mass is 35.5. The number of hydrogen-bond donors (Lipinski definition) is 1. The summed E-state index contributed by atoms with van der Waals surface area (Å²) >= 11 is 5.74. The molecule has 0 saturated carbocycles. The van der Waals surface area contributed by atoms with E-state index in [9.17, 15) is 19.7 Å². The number of aromatic nitrogens is 2. The number of fused-ring (bicyclic) bond motifs is 1. The van der Waals surface area contributed by atoms with Gasteiger partial charge >= 0.3 is 0 Å². The summed E-state index contributed by atoms with van der Waals surface area (Å²) in [6.07, 6.45) is 1.13. The van der Waals surface area contributed by atoms with Crippen LogP contribution in [0.1, 0.15) is 0 Å². The Labute approximate surface area is 145 Å². The lowest BCUT2D eigenvalue weighted by Crippen LogP contribution is -2.28. The zero-order valence-corrected chi connectivity index (χ0v) is 13.4. The van der Waals surface area contributed by atoms with Gasteiger partial charge in [-0.2, -0.15) is 0 Å². The van der Waals surface area contributed by atoms with E-state index in [1.165, 1.54) is 16.7 Å². The second-order valence-electron chi connectivity index (χ2n) is 5.14. The van der Waals surface area contributed by atoms with Crippen molar-refractivity contribution in [2.24, 2.45) is 0 Å². The molecule has 3 rings (SSSR count). The van der Waals surface area contributed by atoms with Crippen molar-refractivity contribution < 1.29 is 9.72 Å². The van der Waals surface area contributed by atoms with Crippen LogP contribution < -0.4 is 10.9 Å². The monoisotopic (exact) mass is 358 g/mol. The zero-order valence-electron chi connectivity index (χ0n) is 12.7. The molecule has 2 aromatic carbocycles. The molecule has 1 heterocycles. The van der Waals surface area contributed by atoms with E-state index in [0.717, 1.165) is 12.3 Å². The number of hydrogen-bond acceptors (Lipinski definition) is 5. The summed E-state index contributed by atoms with van der Waals surface area (Å²) < 4.78 is 1.25. The molecule has 0 spiro atoms. The molecule has 0 atom stereocenters. The lowest BCUT2D eigenvalue weighted by atomic mass is 10.2. The number of anilines is 1. The summed E-state index contributed by atoms with van der Waals surface area (Å²) in [6, 6.07) is 10.8. The van der Waals surface area contributed by atoms with E-state index in [2.05, 4.69) is 10.3 Å². The largest absolute Gasteiger partial charge is 0.319 e. The predicted octanol–water partition coefficient (Wildman–Crippen LogP) is 2.60. The Balaban J connectivity index is 1.91. The lowest BCUT2D eigenvalue weighted by molar-refractivity contribution is -0.383. The SMILES string of the molecule is O=C(Cn1c(=O)cnc2ccccc21)Nc1ccc(Cl)cc1[N+](=O)[O-]. The average Bonchev–Trinajstić information content (AvgIpc) is 2.59. The fraction of sp³-hybridized carbons (Fsp3) is 0.0625. The summed E-state index contributed by atoms with van der Waals surface area (Å²) in [5.74, 6) is -0.580. The van der Waals surface area contributed by atoms with Crippen LogP contribution in [-0.4, -0.2) is 20.4 Å². The fourth-order valence-corrected chi connectivity index (χ4v) is 2.54. The van der Waals surface area contributed by atoms with Gasteiger partial charge in [0, 0.05) is 11.1 Å². The highest BCUT2D eigenvalue weighted by Gasteiger charge is 2.17. The summed E-state index contributed by atoms with van der Waals surface area (Å²) in [6.45, 7) is -0.304. The molecule has 0 saturated heterocycles. The van der Waals surface area contributed by atoms with E-state index < -0.39 is 16.4 Å². The van der Waals surface area contributed by atoms with Crippen molar-refractivity contribution in [2.45, 2.75) is 6.54 Å². The average molecular weight is 359 g/mol. The summed E-state index contributed by atoms with van der Waals surface area (Å²) in [5.41, 5.74) is 0.293. The van der Waals surface area contributed by atoms with Crippen LogP contribution in [0.2, 0.25) is 5.02 Å². The number of halogens is 1. The molecule has 25 heavy (non-hydrogen) atoms. The van der Waals surface area contributed by atoms with E-state index >= 15 is 0 Å². The van der Waals surface area contributed by atoms with Crippen molar-refractivity contribution >= 4 is 39.9 Å². The van der Waals surface area contributed by atoms with Crippen molar-refractivity contribution in [3.63, 3.8) is 0 Å². The number of carbonyl (C=O) groups is 1. The lowest BCUT2D eigenvalue weighted by Gasteiger charge is -2.10. The number of rotatable bonds is 4. The second-order valence-corrected chi connectivity index (χ2v) is 5.57. The molecule has 1 N–H and O–H groups in total. The van der Waals surface area contributed by atoms with Crippen molar-refractivity contribution in [3.05, 3.63) is 74.2 Å². The van der Waals surface area contributed by atoms with Crippen LogP contribution in [0.15, 0.2) is 53.5 Å². The van der Waals surface area contributed by atoms with Crippen LogP contribution in [0.5, 0.6) is 0 Å². The Kier molecular flexibility index (Phi) is 4.44. The first-order chi connectivity index (χ1) is 12.0. The first-order valence-electron chi connectivity index (χ1n) is 7.14. The molecule has 1 amide bonds. The van der Waals surface area contributed by atoms with Crippen molar-refractivity contribution in [2.75, 3.05) is 5.32 Å². The van der Waals surface area contributed by atoms with E-state index in [0.29, 0.717) is 11.0 Å². The maximum atomic E-state index is 12.3. The summed E-state index contributed by atoms with van der Waals surface area (Å²) in [5, 5.41) is 13.7. The highest BCUT2D eigenvalue weighted by molar-refractivity contribution is 6.31. The Morgan fingerprint density at radius 2 is 2.04 bits per heavy atom. The molecule has 1 aromatic heterocycles. The van der Waals surface area contributed by atoms with E-state index in [4.69, 9.17) is 11.6 Å². The van der Waals surface area contributed by atoms with E-state index in [1.54, 1.807) is 24.3 Å². The smallest absolute Gasteiger partial charge is 0.294 e. The number of nitro groups is 1. The summed E-state index contributed by atoms with van der Waals surface area (Å²) in [4.78, 5) is 38.8. The molecule has 0 aliphatic heterocycles. The van der Waals surface area contributed by atoms with Gasteiger partial charge in [0.15, 0.2) is 0 Å². The van der Waals surface area contributed by atoms with E-state index in [1.807, 2.05) is 0 Å². The quantitative estimate of drug-likeness (QED) is 0.569. The van der Waals surface area contributed by atoms with Gasteiger partial charge in [-0.3, -0.25) is 24.3 Å². The molecule has 8 nitrogen and oxygen atoms in total. The van der Waals surface area contributed by atoms with Crippen molar-refractivity contribution in [3.8, 4) is 0 Å². The number of carbonyl (C=O) groups excluding carboxylic acids is 1. The minimum atomic E-state index is -0.643. The molecule has 0 aliphatic carbocycles. The Hall–Kier alpha value is -3.26. The minimum absolute atomic E-state index is 0.00538. The number of amides is 1. The van der Waals surface area contributed by atoms with Crippen molar-refractivity contribution in [1.29, 1.82) is 0 Å². The third kappa shape index (κ3) is 3.48. The molecule has 0 radical (unpaired) electrons. The van der Waals surface area contributed by atoms with Gasteiger partial charge in [-0.05, 0) is 24.3 Å². The van der Waals surface area contributed by atoms with Gasteiger partial charge in [0.25, 0.3) is 11.2 Å². The maximum absolute atomic E-state index is 12.3. The second kappa shape index (κ2) is 6.70. The third-order valence-corrected chi connectivity index (χ3v) is 3.72. The molecular formula is C16H11ClN4O4. The van der Waals surface area contributed by atoms with Crippen LogP contribution in [0.25, 0.3) is 11.0 Å². The Morgan fingerprint density at radius 3 is 2.80 bits per heavy atom. The van der Waals surface area contributed by atoms with Gasteiger partial charge < -0.3 is 5.32 Å². The van der Waals surface area contributed by atoms with Crippen LogP contribution >= 0.6 is 11.6 Å². The number of nitrogens with zero attached hydrogens (tertiary/aromatic N) is 3. The molecular weight excluding hydrogens is 348 g/mol. The molecule has 3 aromatic rings. The molecule has 0 unspecified atom stereocenters. The van der Waals surface area contributed by atoms with Crippen LogP contribution in [0, 0.1) is 10.1 Å². The molecule has 126 valence electrons. The number of para-hydroxylation sites is 2. The van der Waals surface area contributed by atoms with Crippen LogP contribution in [0.4, 0.5) is 11.4 Å².